The Morgan fingerprint density at radius 3 is 2.50 bits per heavy atom. The first kappa shape index (κ1) is 18.8. The number of ether oxygens (including phenoxy) is 1. The van der Waals surface area contributed by atoms with Crippen LogP contribution in [0.25, 0.3) is 0 Å². The average molecular weight is 377 g/mol. The Morgan fingerprint density at radius 1 is 1.12 bits per heavy atom. The molecule has 0 radical (unpaired) electrons. The largest absolute Gasteiger partial charge is 0.375 e. The van der Waals surface area contributed by atoms with Crippen molar-refractivity contribution in [3.05, 3.63) is 64.9 Å². The normalized spacial score (nSPS) is 16.5. The van der Waals surface area contributed by atoms with E-state index in [0.29, 0.717) is 50.1 Å². The fourth-order valence-electron chi connectivity index (χ4n) is 3.13. The summed E-state index contributed by atoms with van der Waals surface area (Å²) in [5, 5.41) is 0.390. The number of rotatable bonds is 7. The molecule has 1 fully saturated rings. The molecule has 0 amide bonds. The molecule has 1 aliphatic heterocycles. The van der Waals surface area contributed by atoms with E-state index in [1.54, 1.807) is 12.1 Å². The van der Waals surface area contributed by atoms with Gasteiger partial charge in [0.05, 0.1) is 24.9 Å². The predicted octanol–water partition coefficient (Wildman–Crippen LogP) is 3.39. The summed E-state index contributed by atoms with van der Waals surface area (Å²) in [5.74, 6) is -0.316. The van der Waals surface area contributed by atoms with E-state index in [-0.39, 0.29) is 11.9 Å². The minimum atomic E-state index is -0.316. The molecule has 1 unspecified atom stereocenters. The third-order valence-electron chi connectivity index (χ3n) is 4.59. The quantitative estimate of drug-likeness (QED) is 0.693. The number of carbonyl (C=O) groups excluding carboxylic acids is 1. The van der Waals surface area contributed by atoms with Crippen LogP contribution in [0.15, 0.2) is 48.5 Å². The number of aldehydes is 1. The average Bonchev–Trinajstić information content (AvgIpc) is 2.66. The second-order valence-corrected chi connectivity index (χ2v) is 6.76. The van der Waals surface area contributed by atoms with Crippen LogP contribution in [0.5, 0.6) is 0 Å². The zero-order valence-electron chi connectivity index (χ0n) is 14.5. The van der Waals surface area contributed by atoms with Crippen molar-refractivity contribution in [1.29, 1.82) is 0 Å². The first-order valence-corrected chi connectivity index (χ1v) is 9.06. The first-order chi connectivity index (χ1) is 12.7. The highest BCUT2D eigenvalue weighted by Crippen LogP contribution is 2.24. The van der Waals surface area contributed by atoms with Gasteiger partial charge in [-0.25, -0.2) is 4.39 Å². The highest BCUT2D eigenvalue weighted by atomic mass is 35.5. The molecule has 4 nitrogen and oxygen atoms in total. The maximum atomic E-state index is 14.1. The minimum Gasteiger partial charge on any atom is -0.375 e. The third kappa shape index (κ3) is 4.81. The summed E-state index contributed by atoms with van der Waals surface area (Å²) in [7, 11) is 0. The Bertz CT molecular complexity index is 721. The van der Waals surface area contributed by atoms with Crippen molar-refractivity contribution < 1.29 is 13.9 Å². The third-order valence-corrected chi connectivity index (χ3v) is 4.83. The van der Waals surface area contributed by atoms with Crippen molar-refractivity contribution in [2.45, 2.75) is 12.6 Å². The topological polar surface area (TPSA) is 32.8 Å². The molecule has 0 bridgehead atoms. The van der Waals surface area contributed by atoms with Gasteiger partial charge in [0.25, 0.3) is 0 Å². The summed E-state index contributed by atoms with van der Waals surface area (Å²) in [6.07, 6.45) is 0.934. The van der Waals surface area contributed by atoms with Crippen LogP contribution < -0.4 is 4.90 Å². The molecule has 6 heteroatoms. The highest BCUT2D eigenvalue weighted by molar-refractivity contribution is 6.30. The van der Waals surface area contributed by atoms with E-state index >= 15 is 0 Å². The summed E-state index contributed by atoms with van der Waals surface area (Å²) in [6, 6.07) is 14.3. The second-order valence-electron chi connectivity index (χ2n) is 6.32. The van der Waals surface area contributed by atoms with Crippen molar-refractivity contribution in [3.63, 3.8) is 0 Å². The van der Waals surface area contributed by atoms with Crippen LogP contribution in [0, 0.1) is 5.82 Å². The van der Waals surface area contributed by atoms with Gasteiger partial charge >= 0.3 is 0 Å². The number of hydrogen-bond acceptors (Lipinski definition) is 4. The Hall–Kier alpha value is -1.95. The molecule has 2 aromatic rings. The van der Waals surface area contributed by atoms with E-state index in [4.69, 9.17) is 16.3 Å². The lowest BCUT2D eigenvalue weighted by Crippen LogP contribution is -2.52. The molecule has 0 aliphatic carbocycles. The van der Waals surface area contributed by atoms with E-state index in [1.165, 1.54) is 6.07 Å². The molecule has 0 saturated carbocycles. The standard InChI is InChI=1S/C20H22ClFN2O2/c21-17-6-7-20(19(22)12-17)24-10-8-23(9-11-24)18(13-25)15-26-14-16-4-2-1-3-5-16/h1-7,12-13,18H,8-11,14-15H2. The number of piperazine rings is 1. The molecule has 1 heterocycles. The van der Waals surface area contributed by atoms with Gasteiger partial charge in [-0.3, -0.25) is 4.90 Å². The van der Waals surface area contributed by atoms with Crippen LogP contribution in [-0.2, 0) is 16.1 Å². The van der Waals surface area contributed by atoms with Gasteiger partial charge in [0.15, 0.2) is 0 Å². The molecular formula is C20H22ClFN2O2. The van der Waals surface area contributed by atoms with E-state index < -0.39 is 0 Å². The molecular weight excluding hydrogens is 355 g/mol. The molecule has 0 N–H and O–H groups in total. The molecule has 1 saturated heterocycles. The van der Waals surface area contributed by atoms with Crippen molar-refractivity contribution in [3.8, 4) is 0 Å². The smallest absolute Gasteiger partial charge is 0.147 e. The molecule has 1 aliphatic rings. The van der Waals surface area contributed by atoms with Gasteiger partial charge in [0.1, 0.15) is 12.1 Å². The maximum Gasteiger partial charge on any atom is 0.147 e. The monoisotopic (exact) mass is 376 g/mol. The zero-order valence-corrected chi connectivity index (χ0v) is 15.2. The van der Waals surface area contributed by atoms with Gasteiger partial charge in [-0.2, -0.15) is 0 Å². The van der Waals surface area contributed by atoms with Crippen molar-refractivity contribution in [1.82, 2.24) is 4.90 Å². The number of nitrogens with zero attached hydrogens (tertiary/aromatic N) is 2. The van der Waals surface area contributed by atoms with Crippen LogP contribution in [0.4, 0.5) is 10.1 Å². The molecule has 0 aromatic heterocycles. The SMILES string of the molecule is O=CC(COCc1ccccc1)N1CCN(c2ccc(Cl)cc2F)CC1. The predicted molar refractivity (Wildman–Crippen MR) is 101 cm³/mol. The molecule has 26 heavy (non-hydrogen) atoms. The van der Waals surface area contributed by atoms with Gasteiger partial charge in [0.2, 0.25) is 0 Å². The van der Waals surface area contributed by atoms with Crippen LogP contribution >= 0.6 is 11.6 Å². The lowest BCUT2D eigenvalue weighted by atomic mass is 10.2. The molecule has 138 valence electrons. The summed E-state index contributed by atoms with van der Waals surface area (Å²) in [4.78, 5) is 15.5. The summed E-state index contributed by atoms with van der Waals surface area (Å²) >= 11 is 5.81. The van der Waals surface area contributed by atoms with Crippen molar-refractivity contribution in [2.75, 3.05) is 37.7 Å². The summed E-state index contributed by atoms with van der Waals surface area (Å²) in [6.45, 7) is 3.51. The maximum absolute atomic E-state index is 14.1. The summed E-state index contributed by atoms with van der Waals surface area (Å²) < 4.78 is 19.8. The molecule has 3 rings (SSSR count). The number of carbonyl (C=O) groups is 1. The van der Waals surface area contributed by atoms with Gasteiger partial charge in [-0.15, -0.1) is 0 Å². The number of anilines is 1. The van der Waals surface area contributed by atoms with Gasteiger partial charge in [-0.05, 0) is 23.8 Å². The second kappa shape index (κ2) is 9.12. The minimum absolute atomic E-state index is 0.282. The number of halogens is 2. The summed E-state index contributed by atoms with van der Waals surface area (Å²) in [5.41, 5.74) is 1.64. The van der Waals surface area contributed by atoms with E-state index in [9.17, 15) is 9.18 Å². The lowest BCUT2D eigenvalue weighted by Gasteiger charge is -2.38. The number of benzene rings is 2. The Balaban J connectivity index is 1.50. The van der Waals surface area contributed by atoms with Gasteiger partial charge < -0.3 is 14.4 Å². The fraction of sp³-hybridized carbons (Fsp3) is 0.350. The van der Waals surface area contributed by atoms with Crippen molar-refractivity contribution >= 4 is 23.6 Å². The lowest BCUT2D eigenvalue weighted by molar-refractivity contribution is -0.115. The first-order valence-electron chi connectivity index (χ1n) is 8.68. The zero-order chi connectivity index (χ0) is 18.4. The van der Waals surface area contributed by atoms with Crippen LogP contribution in [-0.4, -0.2) is 50.0 Å². The number of hydrogen-bond donors (Lipinski definition) is 0. The highest BCUT2D eigenvalue weighted by Gasteiger charge is 2.25. The Morgan fingerprint density at radius 2 is 1.85 bits per heavy atom. The Kier molecular flexibility index (Phi) is 6.61. The van der Waals surface area contributed by atoms with E-state index in [1.807, 2.05) is 35.2 Å². The van der Waals surface area contributed by atoms with Gasteiger partial charge in [-0.1, -0.05) is 41.9 Å². The fourth-order valence-corrected chi connectivity index (χ4v) is 3.29. The van der Waals surface area contributed by atoms with Crippen LogP contribution in [0.3, 0.4) is 0 Å². The molecule has 0 spiro atoms. The van der Waals surface area contributed by atoms with E-state index in [0.717, 1.165) is 11.8 Å². The van der Waals surface area contributed by atoms with E-state index in [2.05, 4.69) is 4.90 Å². The van der Waals surface area contributed by atoms with Crippen LogP contribution in [0.2, 0.25) is 5.02 Å². The molecule has 2 aromatic carbocycles. The molecule has 1 atom stereocenters. The Labute approximate surface area is 158 Å². The van der Waals surface area contributed by atoms with Crippen LogP contribution in [0.1, 0.15) is 5.56 Å². The van der Waals surface area contributed by atoms with Gasteiger partial charge in [0, 0.05) is 31.2 Å². The van der Waals surface area contributed by atoms with Crippen molar-refractivity contribution in [2.24, 2.45) is 0 Å².